The first-order valence-corrected chi connectivity index (χ1v) is 6.61. The summed E-state index contributed by atoms with van der Waals surface area (Å²) in [5, 5.41) is 0. The van der Waals surface area contributed by atoms with Gasteiger partial charge in [-0.05, 0) is 45.6 Å². The minimum absolute atomic E-state index is 0.845. The third-order valence-corrected chi connectivity index (χ3v) is 2.76. The molecule has 0 aliphatic heterocycles. The second kappa shape index (κ2) is 9.06. The summed E-state index contributed by atoms with van der Waals surface area (Å²) < 4.78 is 5.64. The molecule has 2 nitrogen and oxygen atoms in total. The van der Waals surface area contributed by atoms with Crippen molar-refractivity contribution in [3.63, 3.8) is 0 Å². The molecule has 0 saturated carbocycles. The highest BCUT2D eigenvalue weighted by Crippen LogP contribution is 2.10. The first-order valence-electron chi connectivity index (χ1n) is 6.61. The van der Waals surface area contributed by atoms with Gasteiger partial charge in [0.15, 0.2) is 0 Å². The molecule has 17 heavy (non-hydrogen) atoms. The molecule has 0 heterocycles. The fourth-order valence-electron chi connectivity index (χ4n) is 1.77. The molecule has 1 aromatic rings. The van der Waals surface area contributed by atoms with Crippen LogP contribution >= 0.6 is 0 Å². The molecule has 1 aromatic carbocycles. The first-order chi connectivity index (χ1) is 8.29. The van der Waals surface area contributed by atoms with Gasteiger partial charge in [-0.25, -0.2) is 0 Å². The minimum atomic E-state index is 0.845. The van der Waals surface area contributed by atoms with Gasteiger partial charge in [0.2, 0.25) is 0 Å². The SMILES string of the molecule is CN(C)CCCCCCCOc1ccccc1. The second-order valence-corrected chi connectivity index (χ2v) is 4.73. The van der Waals surface area contributed by atoms with E-state index >= 15 is 0 Å². The first kappa shape index (κ1) is 14.0. The van der Waals surface area contributed by atoms with Crippen molar-refractivity contribution in [1.29, 1.82) is 0 Å². The highest BCUT2D eigenvalue weighted by atomic mass is 16.5. The van der Waals surface area contributed by atoms with E-state index in [1.165, 1.54) is 32.2 Å². The van der Waals surface area contributed by atoms with E-state index < -0.39 is 0 Å². The van der Waals surface area contributed by atoms with E-state index in [0.29, 0.717) is 0 Å². The van der Waals surface area contributed by atoms with Crippen molar-refractivity contribution in [3.8, 4) is 5.75 Å². The Bertz CT molecular complexity index is 272. The smallest absolute Gasteiger partial charge is 0.119 e. The Balaban J connectivity index is 1.88. The highest BCUT2D eigenvalue weighted by molar-refractivity contribution is 5.20. The highest BCUT2D eigenvalue weighted by Gasteiger charge is 1.94. The second-order valence-electron chi connectivity index (χ2n) is 4.73. The van der Waals surface area contributed by atoms with E-state index in [1.807, 2.05) is 30.3 Å². The number of ether oxygens (including phenoxy) is 1. The molecule has 0 unspecified atom stereocenters. The molecule has 0 atom stereocenters. The lowest BCUT2D eigenvalue weighted by atomic mass is 10.1. The van der Waals surface area contributed by atoms with Gasteiger partial charge in [0, 0.05) is 0 Å². The zero-order chi connectivity index (χ0) is 12.3. The molecule has 96 valence electrons. The Morgan fingerprint density at radius 1 is 0.882 bits per heavy atom. The molecule has 1 rings (SSSR count). The van der Waals surface area contributed by atoms with Crippen LogP contribution in [0.4, 0.5) is 0 Å². The molecular formula is C15H25NO. The van der Waals surface area contributed by atoms with Crippen LogP contribution in [0.25, 0.3) is 0 Å². The predicted molar refractivity (Wildman–Crippen MR) is 73.6 cm³/mol. The van der Waals surface area contributed by atoms with Crippen molar-refractivity contribution in [2.24, 2.45) is 0 Å². The van der Waals surface area contributed by atoms with E-state index in [2.05, 4.69) is 19.0 Å². The number of hydrogen-bond acceptors (Lipinski definition) is 2. The summed E-state index contributed by atoms with van der Waals surface area (Å²) in [6.07, 6.45) is 6.42. The van der Waals surface area contributed by atoms with Crippen LogP contribution in [-0.4, -0.2) is 32.1 Å². The van der Waals surface area contributed by atoms with Crippen LogP contribution in [0, 0.1) is 0 Å². The third kappa shape index (κ3) is 7.81. The van der Waals surface area contributed by atoms with E-state index in [-0.39, 0.29) is 0 Å². The standard InChI is InChI=1S/C15H25NO/c1-16(2)13-9-4-3-5-10-14-17-15-11-7-6-8-12-15/h6-8,11-12H,3-5,9-10,13-14H2,1-2H3. The van der Waals surface area contributed by atoms with Crippen LogP contribution < -0.4 is 4.74 Å². The van der Waals surface area contributed by atoms with Gasteiger partial charge in [-0.2, -0.15) is 0 Å². The molecular weight excluding hydrogens is 210 g/mol. The molecule has 0 aromatic heterocycles. The number of hydrogen-bond donors (Lipinski definition) is 0. The lowest BCUT2D eigenvalue weighted by Gasteiger charge is -2.09. The van der Waals surface area contributed by atoms with Crippen molar-refractivity contribution < 1.29 is 4.74 Å². The Hall–Kier alpha value is -1.02. The average molecular weight is 235 g/mol. The lowest BCUT2D eigenvalue weighted by molar-refractivity contribution is 0.303. The number of nitrogens with zero attached hydrogens (tertiary/aromatic N) is 1. The zero-order valence-corrected chi connectivity index (χ0v) is 11.2. The summed E-state index contributed by atoms with van der Waals surface area (Å²) in [6, 6.07) is 10.1. The fourth-order valence-corrected chi connectivity index (χ4v) is 1.77. The summed E-state index contributed by atoms with van der Waals surface area (Å²) >= 11 is 0. The van der Waals surface area contributed by atoms with Crippen molar-refractivity contribution in [1.82, 2.24) is 4.90 Å². The van der Waals surface area contributed by atoms with Crippen LogP contribution in [0.15, 0.2) is 30.3 Å². The van der Waals surface area contributed by atoms with Gasteiger partial charge < -0.3 is 9.64 Å². The Kier molecular flexibility index (Phi) is 7.48. The monoisotopic (exact) mass is 235 g/mol. The van der Waals surface area contributed by atoms with Crippen LogP contribution in [-0.2, 0) is 0 Å². The van der Waals surface area contributed by atoms with Crippen LogP contribution in [0.3, 0.4) is 0 Å². The third-order valence-electron chi connectivity index (χ3n) is 2.76. The molecule has 0 radical (unpaired) electrons. The van der Waals surface area contributed by atoms with Gasteiger partial charge in [0.1, 0.15) is 5.75 Å². The van der Waals surface area contributed by atoms with Gasteiger partial charge in [-0.3, -0.25) is 0 Å². The van der Waals surface area contributed by atoms with Crippen molar-refractivity contribution in [3.05, 3.63) is 30.3 Å². The number of benzene rings is 1. The van der Waals surface area contributed by atoms with Crippen molar-refractivity contribution >= 4 is 0 Å². The summed E-state index contributed by atoms with van der Waals surface area (Å²) in [5.74, 6) is 0.986. The molecule has 0 fully saturated rings. The van der Waals surface area contributed by atoms with E-state index in [4.69, 9.17) is 4.74 Å². The van der Waals surface area contributed by atoms with E-state index in [1.54, 1.807) is 0 Å². The molecule has 0 N–H and O–H groups in total. The lowest BCUT2D eigenvalue weighted by Crippen LogP contribution is -2.12. The van der Waals surface area contributed by atoms with Gasteiger partial charge in [0.05, 0.1) is 6.61 Å². The van der Waals surface area contributed by atoms with E-state index in [9.17, 15) is 0 Å². The predicted octanol–water partition coefficient (Wildman–Crippen LogP) is 3.58. The average Bonchev–Trinajstić information content (AvgIpc) is 2.33. The quantitative estimate of drug-likeness (QED) is 0.607. The summed E-state index contributed by atoms with van der Waals surface area (Å²) in [4.78, 5) is 2.25. The molecule has 0 saturated heterocycles. The molecule has 0 amide bonds. The van der Waals surface area contributed by atoms with Crippen LogP contribution in [0.1, 0.15) is 32.1 Å². The Morgan fingerprint density at radius 3 is 2.24 bits per heavy atom. The Labute approximate surface area is 106 Å². The zero-order valence-electron chi connectivity index (χ0n) is 11.2. The number of rotatable bonds is 9. The fraction of sp³-hybridized carbons (Fsp3) is 0.600. The van der Waals surface area contributed by atoms with Gasteiger partial charge in [0.25, 0.3) is 0 Å². The molecule has 0 aliphatic carbocycles. The topological polar surface area (TPSA) is 12.5 Å². The summed E-state index contributed by atoms with van der Waals surface area (Å²) in [7, 11) is 4.27. The number of para-hydroxylation sites is 1. The Morgan fingerprint density at radius 2 is 1.53 bits per heavy atom. The maximum atomic E-state index is 5.64. The largest absolute Gasteiger partial charge is 0.494 e. The molecule has 2 heteroatoms. The van der Waals surface area contributed by atoms with Crippen LogP contribution in [0.2, 0.25) is 0 Å². The normalized spacial score (nSPS) is 10.8. The molecule has 0 bridgehead atoms. The summed E-state index contributed by atoms with van der Waals surface area (Å²) in [5.41, 5.74) is 0. The molecule has 0 spiro atoms. The molecule has 0 aliphatic rings. The van der Waals surface area contributed by atoms with Gasteiger partial charge in [-0.1, -0.05) is 37.5 Å². The van der Waals surface area contributed by atoms with Crippen LogP contribution in [0.5, 0.6) is 5.75 Å². The van der Waals surface area contributed by atoms with Gasteiger partial charge in [-0.15, -0.1) is 0 Å². The van der Waals surface area contributed by atoms with Crippen molar-refractivity contribution in [2.75, 3.05) is 27.2 Å². The van der Waals surface area contributed by atoms with E-state index in [0.717, 1.165) is 18.8 Å². The number of unbranched alkanes of at least 4 members (excludes halogenated alkanes) is 4. The van der Waals surface area contributed by atoms with Gasteiger partial charge >= 0.3 is 0 Å². The minimum Gasteiger partial charge on any atom is -0.494 e. The summed E-state index contributed by atoms with van der Waals surface area (Å²) in [6.45, 7) is 2.05. The maximum absolute atomic E-state index is 5.64. The van der Waals surface area contributed by atoms with Crippen molar-refractivity contribution in [2.45, 2.75) is 32.1 Å². The maximum Gasteiger partial charge on any atom is 0.119 e.